The van der Waals surface area contributed by atoms with Gasteiger partial charge in [-0.05, 0) is 63.5 Å². The van der Waals surface area contributed by atoms with Crippen LogP contribution in [0.15, 0.2) is 85.0 Å². The van der Waals surface area contributed by atoms with Crippen LogP contribution in [-0.2, 0) is 14.3 Å². The monoisotopic (exact) mass is 538 g/mol. The fourth-order valence-electron chi connectivity index (χ4n) is 3.38. The van der Waals surface area contributed by atoms with Crippen LogP contribution >= 0.6 is 0 Å². The van der Waals surface area contributed by atoms with Crippen molar-refractivity contribution in [3.63, 3.8) is 0 Å². The molecule has 0 aliphatic heterocycles. The largest absolute Gasteiger partial charge is 0.507 e. The SMILES string of the molecule is CC/C=C\C/C=C\C/C=C\C/C=C\C/C=C\CCCCOC(OC)C(=O)NCCNC(=O)c1ccccc1O. The number of carbonyl (C=O) groups is 2. The van der Waals surface area contributed by atoms with Crippen LogP contribution in [0.1, 0.15) is 68.6 Å². The highest BCUT2D eigenvalue weighted by molar-refractivity contribution is 5.96. The normalized spacial score (nSPS) is 12.9. The number of hydrogen-bond acceptors (Lipinski definition) is 5. The zero-order valence-electron chi connectivity index (χ0n) is 23.5. The third-order valence-corrected chi connectivity index (χ3v) is 5.48. The van der Waals surface area contributed by atoms with Gasteiger partial charge in [-0.2, -0.15) is 0 Å². The minimum absolute atomic E-state index is 0.0896. The van der Waals surface area contributed by atoms with Crippen LogP contribution in [0.2, 0.25) is 0 Å². The van der Waals surface area contributed by atoms with Crippen LogP contribution in [0.25, 0.3) is 0 Å². The van der Waals surface area contributed by atoms with Crippen molar-refractivity contribution in [2.24, 2.45) is 0 Å². The van der Waals surface area contributed by atoms with Crippen molar-refractivity contribution in [2.75, 3.05) is 26.8 Å². The van der Waals surface area contributed by atoms with Gasteiger partial charge < -0.3 is 25.2 Å². The molecule has 214 valence electrons. The summed E-state index contributed by atoms with van der Waals surface area (Å²) in [5, 5.41) is 15.0. The summed E-state index contributed by atoms with van der Waals surface area (Å²) in [5.74, 6) is -0.894. The van der Waals surface area contributed by atoms with Gasteiger partial charge in [0.05, 0.1) is 12.2 Å². The number of methoxy groups -OCH3 is 1. The number of aromatic hydroxyl groups is 1. The van der Waals surface area contributed by atoms with Crippen LogP contribution in [0.3, 0.4) is 0 Å². The summed E-state index contributed by atoms with van der Waals surface area (Å²) < 4.78 is 10.7. The molecule has 0 saturated carbocycles. The smallest absolute Gasteiger partial charge is 0.277 e. The molecule has 3 N–H and O–H groups in total. The molecule has 0 aromatic heterocycles. The number of rotatable bonds is 21. The summed E-state index contributed by atoms with van der Waals surface area (Å²) >= 11 is 0. The summed E-state index contributed by atoms with van der Waals surface area (Å²) in [4.78, 5) is 24.3. The van der Waals surface area contributed by atoms with E-state index in [0.29, 0.717) is 6.61 Å². The highest BCUT2D eigenvalue weighted by atomic mass is 16.7. The zero-order chi connectivity index (χ0) is 28.4. The molecular formula is C32H46N2O5. The van der Waals surface area contributed by atoms with Gasteiger partial charge in [-0.15, -0.1) is 0 Å². The molecule has 0 aliphatic rings. The lowest BCUT2D eigenvalue weighted by molar-refractivity contribution is -0.165. The zero-order valence-corrected chi connectivity index (χ0v) is 23.5. The van der Waals surface area contributed by atoms with Crippen molar-refractivity contribution in [3.8, 4) is 5.75 Å². The Morgan fingerprint density at radius 2 is 1.38 bits per heavy atom. The van der Waals surface area contributed by atoms with Gasteiger partial charge in [-0.1, -0.05) is 79.8 Å². The Kier molecular flexibility index (Phi) is 20.4. The van der Waals surface area contributed by atoms with E-state index in [4.69, 9.17) is 9.47 Å². The summed E-state index contributed by atoms with van der Waals surface area (Å²) in [6.45, 7) is 2.99. The standard InChI is InChI=1S/C32H46N2O5/c1-3-4-5-6-7-8-9-10-11-12-13-14-15-16-17-18-19-22-27-39-32(38-2)31(37)34-26-25-33-30(36)28-23-20-21-24-29(28)35/h4-5,7-8,10-11,13-14,16-17,20-21,23-24,32,35H,3,6,9,12,15,18-19,22,25-27H2,1-2H3,(H,33,36)(H,34,37)/b5-4-,8-7-,11-10-,14-13-,17-16-. The van der Waals surface area contributed by atoms with Crippen molar-refractivity contribution >= 4 is 11.8 Å². The minimum atomic E-state index is -0.993. The molecule has 0 fully saturated rings. The Morgan fingerprint density at radius 1 is 0.821 bits per heavy atom. The average molecular weight is 539 g/mol. The molecule has 1 aromatic rings. The third kappa shape index (κ3) is 17.7. The van der Waals surface area contributed by atoms with Gasteiger partial charge in [0.1, 0.15) is 5.75 Å². The van der Waals surface area contributed by atoms with Crippen LogP contribution in [0.4, 0.5) is 0 Å². The first-order valence-corrected chi connectivity index (χ1v) is 13.8. The fraction of sp³-hybridized carbons (Fsp3) is 0.438. The molecule has 0 spiro atoms. The molecule has 7 heteroatoms. The second-order valence-electron chi connectivity index (χ2n) is 8.71. The Labute approximate surface area is 234 Å². The predicted molar refractivity (Wildman–Crippen MR) is 159 cm³/mol. The molecule has 2 amide bonds. The Bertz CT molecular complexity index is 950. The first-order valence-electron chi connectivity index (χ1n) is 13.8. The van der Waals surface area contributed by atoms with Gasteiger partial charge in [0.25, 0.3) is 11.8 Å². The van der Waals surface area contributed by atoms with Gasteiger partial charge >= 0.3 is 0 Å². The van der Waals surface area contributed by atoms with E-state index in [1.807, 2.05) is 0 Å². The Hall–Kier alpha value is -3.42. The van der Waals surface area contributed by atoms with E-state index < -0.39 is 18.1 Å². The van der Waals surface area contributed by atoms with Gasteiger partial charge in [-0.3, -0.25) is 9.59 Å². The average Bonchev–Trinajstić information content (AvgIpc) is 2.94. The summed E-state index contributed by atoms with van der Waals surface area (Å²) in [6.07, 6.45) is 28.6. The predicted octanol–water partition coefficient (Wildman–Crippen LogP) is 6.15. The first kappa shape index (κ1) is 33.6. The number of ether oxygens (including phenoxy) is 2. The lowest BCUT2D eigenvalue weighted by Crippen LogP contribution is -2.41. The van der Waals surface area contributed by atoms with Crippen molar-refractivity contribution in [3.05, 3.63) is 90.6 Å². The Balaban J connectivity index is 2.05. The summed E-state index contributed by atoms with van der Waals surface area (Å²) in [7, 11) is 1.42. The number of allylic oxidation sites excluding steroid dienone is 10. The number of hydrogen-bond donors (Lipinski definition) is 3. The number of phenols is 1. The van der Waals surface area contributed by atoms with Gasteiger partial charge in [-0.25, -0.2) is 0 Å². The van der Waals surface area contributed by atoms with Gasteiger partial charge in [0.2, 0.25) is 6.29 Å². The van der Waals surface area contributed by atoms with E-state index in [0.717, 1.165) is 51.4 Å². The first-order chi connectivity index (χ1) is 19.1. The number of nitrogens with one attached hydrogen (secondary N) is 2. The highest BCUT2D eigenvalue weighted by Crippen LogP contribution is 2.14. The van der Waals surface area contributed by atoms with Crippen LogP contribution in [-0.4, -0.2) is 50.0 Å². The molecule has 1 unspecified atom stereocenters. The molecule has 0 saturated heterocycles. The number of benzene rings is 1. The lowest BCUT2D eigenvalue weighted by Gasteiger charge is -2.16. The molecule has 1 atom stereocenters. The van der Waals surface area contributed by atoms with Gasteiger partial charge in [0.15, 0.2) is 0 Å². The number of para-hydroxylation sites is 1. The van der Waals surface area contributed by atoms with E-state index in [1.54, 1.807) is 12.1 Å². The highest BCUT2D eigenvalue weighted by Gasteiger charge is 2.17. The molecule has 39 heavy (non-hydrogen) atoms. The second-order valence-corrected chi connectivity index (χ2v) is 8.71. The maximum absolute atomic E-state index is 12.2. The van der Waals surface area contributed by atoms with Gasteiger partial charge in [0, 0.05) is 20.2 Å². The molecule has 0 bridgehead atoms. The molecular weight excluding hydrogens is 492 g/mol. The maximum Gasteiger partial charge on any atom is 0.277 e. The number of carbonyl (C=O) groups excluding carboxylic acids is 2. The molecule has 1 rings (SSSR count). The van der Waals surface area contributed by atoms with Crippen molar-refractivity contribution in [2.45, 2.75) is 64.6 Å². The molecule has 0 aliphatic carbocycles. The van der Waals surface area contributed by atoms with E-state index in [2.05, 4.69) is 78.3 Å². The summed E-state index contributed by atoms with van der Waals surface area (Å²) in [6, 6.07) is 6.28. The van der Waals surface area contributed by atoms with Crippen LogP contribution in [0.5, 0.6) is 5.75 Å². The van der Waals surface area contributed by atoms with Crippen molar-refractivity contribution in [1.29, 1.82) is 0 Å². The van der Waals surface area contributed by atoms with E-state index in [1.165, 1.54) is 19.2 Å². The van der Waals surface area contributed by atoms with Crippen molar-refractivity contribution < 1.29 is 24.2 Å². The third-order valence-electron chi connectivity index (χ3n) is 5.48. The van der Waals surface area contributed by atoms with Crippen LogP contribution in [0, 0.1) is 0 Å². The van der Waals surface area contributed by atoms with Crippen molar-refractivity contribution in [1.82, 2.24) is 10.6 Å². The van der Waals surface area contributed by atoms with E-state index in [-0.39, 0.29) is 24.4 Å². The maximum atomic E-state index is 12.2. The number of phenolic OH excluding ortho intramolecular Hbond substituents is 1. The quantitative estimate of drug-likeness (QED) is 0.0991. The second kappa shape index (κ2) is 23.7. The van der Waals surface area contributed by atoms with E-state index >= 15 is 0 Å². The number of unbranched alkanes of at least 4 members (excludes halogenated alkanes) is 2. The summed E-state index contributed by atoms with van der Waals surface area (Å²) in [5.41, 5.74) is 0.187. The Morgan fingerprint density at radius 3 is 1.97 bits per heavy atom. The molecule has 1 aromatic carbocycles. The molecule has 7 nitrogen and oxygen atoms in total. The van der Waals surface area contributed by atoms with E-state index in [9.17, 15) is 14.7 Å². The fourth-order valence-corrected chi connectivity index (χ4v) is 3.38. The lowest BCUT2D eigenvalue weighted by atomic mass is 10.2. The minimum Gasteiger partial charge on any atom is -0.507 e. The topological polar surface area (TPSA) is 96.9 Å². The van der Waals surface area contributed by atoms with Crippen LogP contribution < -0.4 is 10.6 Å². The molecule has 0 heterocycles. The number of amides is 2. The molecule has 0 radical (unpaired) electrons.